The average molecular weight is 631 g/mol. The average Bonchev–Trinajstić information content (AvgIpc) is 2.97. The number of ether oxygens (including phenoxy) is 1. The molecule has 3 aromatic carbocycles. The molecule has 0 bridgehead atoms. The van der Waals surface area contributed by atoms with Gasteiger partial charge in [-0.15, -0.1) is 0 Å². The molecular formula is C39H58O3Si2. The lowest BCUT2D eigenvalue weighted by molar-refractivity contribution is 0.0315. The Labute approximate surface area is 271 Å². The fourth-order valence-corrected chi connectivity index (χ4v) is 7.47. The van der Waals surface area contributed by atoms with Gasteiger partial charge >= 0.3 is 0 Å². The van der Waals surface area contributed by atoms with Crippen LogP contribution in [0.3, 0.4) is 0 Å². The lowest BCUT2D eigenvalue weighted by atomic mass is 9.80. The standard InChI is InChI=1S/C39H58O3Si2/c1-32(36(42-44(10,11)38(5,6)7)29-31-41-43(8,9)37(2,3)4)22-21-30-40-39(33-23-15-12-16-24-33,34-25-17-13-18-26-34)35-27-19-14-20-28-35/h12-28,32,36H,29-31H2,1-11H3/t32-,36+/m1/s1. The van der Waals surface area contributed by atoms with E-state index in [0.29, 0.717) is 6.61 Å². The summed E-state index contributed by atoms with van der Waals surface area (Å²) < 4.78 is 20.7. The van der Waals surface area contributed by atoms with Gasteiger partial charge in [-0.3, -0.25) is 0 Å². The highest BCUT2D eigenvalue weighted by Gasteiger charge is 2.41. The molecule has 3 rings (SSSR count). The van der Waals surface area contributed by atoms with Crippen molar-refractivity contribution in [3.63, 3.8) is 0 Å². The van der Waals surface area contributed by atoms with E-state index in [0.717, 1.165) is 29.7 Å². The third-order valence-electron chi connectivity index (χ3n) is 9.89. The maximum atomic E-state index is 7.05. The molecule has 0 amide bonds. The van der Waals surface area contributed by atoms with Crippen LogP contribution in [-0.4, -0.2) is 36.0 Å². The van der Waals surface area contributed by atoms with Gasteiger partial charge < -0.3 is 13.6 Å². The van der Waals surface area contributed by atoms with Gasteiger partial charge in [0.1, 0.15) is 5.60 Å². The number of hydrogen-bond donors (Lipinski definition) is 0. The van der Waals surface area contributed by atoms with E-state index in [-0.39, 0.29) is 22.1 Å². The van der Waals surface area contributed by atoms with Gasteiger partial charge in [-0.2, -0.15) is 0 Å². The first-order valence-corrected chi connectivity index (χ1v) is 22.1. The summed E-state index contributed by atoms with van der Waals surface area (Å²) in [5, 5.41) is 0.327. The summed E-state index contributed by atoms with van der Waals surface area (Å²) in [4.78, 5) is 0. The maximum Gasteiger partial charge on any atom is 0.192 e. The normalized spacial score (nSPS) is 15.0. The van der Waals surface area contributed by atoms with Crippen molar-refractivity contribution in [2.24, 2.45) is 5.92 Å². The predicted molar refractivity (Wildman–Crippen MR) is 193 cm³/mol. The largest absolute Gasteiger partial charge is 0.417 e. The van der Waals surface area contributed by atoms with Gasteiger partial charge in [-0.1, -0.05) is 152 Å². The van der Waals surface area contributed by atoms with Crippen LogP contribution in [0.1, 0.15) is 71.6 Å². The quantitative estimate of drug-likeness (QED) is 0.101. The fourth-order valence-electron chi connectivity index (χ4n) is 4.97. The van der Waals surface area contributed by atoms with Gasteiger partial charge in [0.05, 0.1) is 12.7 Å². The van der Waals surface area contributed by atoms with Crippen molar-refractivity contribution < 1.29 is 13.6 Å². The molecule has 0 heterocycles. The lowest BCUT2D eigenvalue weighted by Gasteiger charge is -2.41. The Morgan fingerprint density at radius 2 is 1.05 bits per heavy atom. The van der Waals surface area contributed by atoms with Crippen molar-refractivity contribution in [2.75, 3.05) is 13.2 Å². The highest BCUT2D eigenvalue weighted by Crippen LogP contribution is 2.41. The molecule has 0 unspecified atom stereocenters. The van der Waals surface area contributed by atoms with Crippen LogP contribution in [0.15, 0.2) is 103 Å². The number of hydrogen-bond acceptors (Lipinski definition) is 3. The molecule has 44 heavy (non-hydrogen) atoms. The molecular weight excluding hydrogens is 573 g/mol. The van der Waals surface area contributed by atoms with Crippen molar-refractivity contribution in [3.8, 4) is 0 Å². The molecule has 0 N–H and O–H groups in total. The third kappa shape index (κ3) is 8.91. The molecule has 2 atom stereocenters. The molecule has 0 saturated heterocycles. The van der Waals surface area contributed by atoms with E-state index in [2.05, 4.69) is 178 Å². The minimum atomic E-state index is -1.98. The van der Waals surface area contributed by atoms with Crippen molar-refractivity contribution >= 4 is 16.6 Å². The minimum Gasteiger partial charge on any atom is -0.417 e. The van der Waals surface area contributed by atoms with E-state index in [4.69, 9.17) is 13.6 Å². The molecule has 0 radical (unpaired) electrons. The monoisotopic (exact) mass is 630 g/mol. The molecule has 0 aliphatic rings. The summed E-state index contributed by atoms with van der Waals surface area (Å²) in [6, 6.07) is 31.7. The van der Waals surface area contributed by atoms with E-state index >= 15 is 0 Å². The number of rotatable bonds is 14. The zero-order chi connectivity index (χ0) is 32.7. The summed E-state index contributed by atoms with van der Waals surface area (Å²) in [6.07, 6.45) is 5.44. The zero-order valence-electron chi connectivity index (χ0n) is 29.3. The van der Waals surface area contributed by atoms with E-state index in [9.17, 15) is 0 Å². The van der Waals surface area contributed by atoms with Crippen LogP contribution >= 0.6 is 0 Å². The van der Waals surface area contributed by atoms with E-state index in [1.54, 1.807) is 0 Å². The Kier molecular flexibility index (Phi) is 12.2. The SMILES string of the molecule is C[C@H](C=CCOC(c1ccccc1)(c1ccccc1)c1ccccc1)[C@H](CCO[Si](C)(C)C(C)(C)C)O[Si](C)(C)C(C)(C)C. The summed E-state index contributed by atoms with van der Waals surface area (Å²) in [7, 11) is -3.82. The Bertz CT molecular complexity index is 1190. The molecule has 3 aromatic rings. The van der Waals surface area contributed by atoms with Gasteiger partial charge in [0.2, 0.25) is 0 Å². The first-order valence-electron chi connectivity index (χ1n) is 16.3. The highest BCUT2D eigenvalue weighted by atomic mass is 28.4. The van der Waals surface area contributed by atoms with Gasteiger partial charge in [0.25, 0.3) is 0 Å². The van der Waals surface area contributed by atoms with Gasteiger partial charge in [-0.05, 0) is 65.3 Å². The summed E-state index contributed by atoms with van der Waals surface area (Å²) in [5.41, 5.74) is 2.60. The first kappa shape index (κ1) is 36.2. The van der Waals surface area contributed by atoms with Crippen molar-refractivity contribution in [3.05, 3.63) is 120 Å². The second-order valence-electron chi connectivity index (χ2n) is 15.2. The predicted octanol–water partition coefficient (Wildman–Crippen LogP) is 11.0. The molecule has 240 valence electrons. The smallest absolute Gasteiger partial charge is 0.192 e. The van der Waals surface area contributed by atoms with Gasteiger partial charge in [-0.25, -0.2) is 0 Å². The molecule has 0 aliphatic carbocycles. The Hall–Kier alpha value is -2.29. The summed E-state index contributed by atoms with van der Waals surface area (Å²) in [6.45, 7) is 26.7. The second kappa shape index (κ2) is 14.9. The Morgan fingerprint density at radius 1 is 0.636 bits per heavy atom. The van der Waals surface area contributed by atoms with Crippen molar-refractivity contribution in [2.45, 2.75) is 103 Å². The van der Waals surface area contributed by atoms with Crippen LogP contribution in [-0.2, 0) is 19.2 Å². The number of benzene rings is 3. The molecule has 0 aromatic heterocycles. The van der Waals surface area contributed by atoms with Crippen LogP contribution in [0.25, 0.3) is 0 Å². The Morgan fingerprint density at radius 3 is 1.43 bits per heavy atom. The minimum absolute atomic E-state index is 0.0824. The molecule has 5 heteroatoms. The Balaban J connectivity index is 1.87. The van der Waals surface area contributed by atoms with E-state index < -0.39 is 22.2 Å². The summed E-state index contributed by atoms with van der Waals surface area (Å²) in [5.74, 6) is 0.218. The van der Waals surface area contributed by atoms with Crippen molar-refractivity contribution in [1.29, 1.82) is 0 Å². The fraction of sp³-hybridized carbons (Fsp3) is 0.487. The molecule has 0 aliphatic heterocycles. The lowest BCUT2D eigenvalue weighted by Crippen LogP contribution is -2.46. The van der Waals surface area contributed by atoms with Crippen LogP contribution < -0.4 is 0 Å². The van der Waals surface area contributed by atoms with E-state index in [1.165, 1.54) is 0 Å². The van der Waals surface area contributed by atoms with Crippen molar-refractivity contribution in [1.82, 2.24) is 0 Å². The van der Waals surface area contributed by atoms with Crippen LogP contribution in [0.2, 0.25) is 36.3 Å². The zero-order valence-corrected chi connectivity index (χ0v) is 31.3. The van der Waals surface area contributed by atoms with Crippen LogP contribution in [0, 0.1) is 5.92 Å². The molecule has 0 saturated carbocycles. The molecule has 0 spiro atoms. The molecule has 3 nitrogen and oxygen atoms in total. The highest BCUT2D eigenvalue weighted by molar-refractivity contribution is 6.74. The maximum absolute atomic E-state index is 7.05. The third-order valence-corrected chi connectivity index (χ3v) is 18.9. The van der Waals surface area contributed by atoms with Gasteiger partial charge in [0.15, 0.2) is 16.6 Å². The van der Waals surface area contributed by atoms with E-state index in [1.807, 2.05) is 0 Å². The van der Waals surface area contributed by atoms with Crippen LogP contribution in [0.4, 0.5) is 0 Å². The topological polar surface area (TPSA) is 27.7 Å². The second-order valence-corrected chi connectivity index (χ2v) is 24.8. The van der Waals surface area contributed by atoms with Gasteiger partial charge in [0, 0.05) is 6.61 Å². The summed E-state index contributed by atoms with van der Waals surface area (Å²) >= 11 is 0. The first-order chi connectivity index (χ1) is 20.5. The van der Waals surface area contributed by atoms with Crippen LogP contribution in [0.5, 0.6) is 0 Å². The molecule has 0 fully saturated rings.